The Labute approximate surface area is 104 Å². The Kier molecular flexibility index (Phi) is 4.36. The van der Waals surface area contributed by atoms with Crippen molar-refractivity contribution < 1.29 is 4.79 Å². The van der Waals surface area contributed by atoms with Crippen LogP contribution >= 0.6 is 0 Å². The monoisotopic (exact) mass is 240 g/mol. The van der Waals surface area contributed by atoms with Gasteiger partial charge in [-0.25, -0.2) is 0 Å². The summed E-state index contributed by atoms with van der Waals surface area (Å²) >= 11 is 0. The molecule has 0 aliphatic carbocycles. The fourth-order valence-electron chi connectivity index (χ4n) is 2.36. The number of carbonyl (C=O) groups excluding carboxylic acids is 1. The number of amides is 1. The summed E-state index contributed by atoms with van der Waals surface area (Å²) in [5, 5.41) is 3.32. The van der Waals surface area contributed by atoms with Gasteiger partial charge in [0.15, 0.2) is 0 Å². The van der Waals surface area contributed by atoms with Crippen molar-refractivity contribution in [2.75, 3.05) is 59.9 Å². The first-order valence-electron chi connectivity index (χ1n) is 6.54. The summed E-state index contributed by atoms with van der Waals surface area (Å²) in [6.45, 7) is 7.74. The van der Waals surface area contributed by atoms with E-state index < -0.39 is 0 Å². The van der Waals surface area contributed by atoms with Crippen LogP contribution in [0.5, 0.6) is 0 Å². The first-order chi connectivity index (χ1) is 8.16. The van der Waals surface area contributed by atoms with Crippen LogP contribution in [0.2, 0.25) is 0 Å². The van der Waals surface area contributed by atoms with E-state index in [4.69, 9.17) is 0 Å². The van der Waals surface area contributed by atoms with Crippen LogP contribution in [0, 0.1) is 0 Å². The molecular weight excluding hydrogens is 216 g/mol. The van der Waals surface area contributed by atoms with Crippen molar-refractivity contribution in [3.8, 4) is 0 Å². The van der Waals surface area contributed by atoms with Gasteiger partial charge in [0.25, 0.3) is 0 Å². The van der Waals surface area contributed by atoms with Gasteiger partial charge in [-0.2, -0.15) is 0 Å². The van der Waals surface area contributed by atoms with Gasteiger partial charge in [0, 0.05) is 72.4 Å². The molecule has 0 unspecified atom stereocenters. The summed E-state index contributed by atoms with van der Waals surface area (Å²) in [4.78, 5) is 18.1. The molecule has 0 saturated carbocycles. The molecule has 2 aliphatic rings. The van der Waals surface area contributed by atoms with Gasteiger partial charge >= 0.3 is 0 Å². The molecule has 0 spiro atoms. The van der Waals surface area contributed by atoms with Gasteiger partial charge in [-0.05, 0) is 0 Å². The molecule has 2 aliphatic heterocycles. The maximum absolute atomic E-state index is 11.5. The lowest BCUT2D eigenvalue weighted by atomic mass is 10.1. The summed E-state index contributed by atoms with van der Waals surface area (Å²) in [7, 11) is 3.65. The van der Waals surface area contributed by atoms with E-state index in [1.165, 1.54) is 0 Å². The van der Waals surface area contributed by atoms with Crippen molar-refractivity contribution in [2.24, 2.45) is 0 Å². The Bertz CT molecular complexity index is 257. The fraction of sp³-hybridized carbons (Fsp3) is 0.917. The minimum Gasteiger partial charge on any atom is -0.349 e. The van der Waals surface area contributed by atoms with Crippen LogP contribution < -0.4 is 5.32 Å². The third kappa shape index (κ3) is 3.40. The molecule has 0 bridgehead atoms. The summed E-state index contributed by atoms with van der Waals surface area (Å²) < 4.78 is 0. The highest BCUT2D eigenvalue weighted by Crippen LogP contribution is 2.09. The average molecular weight is 240 g/mol. The number of hydrogen-bond acceptors (Lipinski definition) is 4. The maximum Gasteiger partial charge on any atom is 0.223 e. The lowest BCUT2D eigenvalue weighted by molar-refractivity contribution is -0.129. The minimum atomic E-state index is 0.232. The van der Waals surface area contributed by atoms with Crippen LogP contribution in [0.3, 0.4) is 0 Å². The normalized spacial score (nSPS) is 23.4. The highest BCUT2D eigenvalue weighted by atomic mass is 16.2. The van der Waals surface area contributed by atoms with E-state index in [-0.39, 0.29) is 5.91 Å². The highest BCUT2D eigenvalue weighted by molar-refractivity contribution is 5.75. The molecular formula is C12H24N4O. The van der Waals surface area contributed by atoms with Gasteiger partial charge in [0.1, 0.15) is 0 Å². The van der Waals surface area contributed by atoms with E-state index in [2.05, 4.69) is 15.1 Å². The van der Waals surface area contributed by atoms with Gasteiger partial charge in [0.05, 0.1) is 0 Å². The fourth-order valence-corrected chi connectivity index (χ4v) is 2.36. The van der Waals surface area contributed by atoms with Crippen molar-refractivity contribution in [2.45, 2.75) is 12.5 Å². The average Bonchev–Trinajstić information content (AvgIpc) is 2.25. The third-order valence-electron chi connectivity index (χ3n) is 3.82. The zero-order chi connectivity index (χ0) is 12.3. The predicted octanol–water partition coefficient (Wildman–Crippen LogP) is -0.946. The first kappa shape index (κ1) is 12.8. The first-order valence-corrected chi connectivity index (χ1v) is 6.54. The number of nitrogens with zero attached hydrogens (tertiary/aromatic N) is 3. The topological polar surface area (TPSA) is 38.8 Å². The Balaban J connectivity index is 1.63. The van der Waals surface area contributed by atoms with Crippen molar-refractivity contribution >= 4 is 5.91 Å². The van der Waals surface area contributed by atoms with Gasteiger partial charge in [-0.15, -0.1) is 0 Å². The number of hydrogen-bond donors (Lipinski definition) is 1. The molecule has 0 atom stereocenters. The second-order valence-electron chi connectivity index (χ2n) is 5.23. The number of carbonyl (C=O) groups is 1. The Morgan fingerprint density at radius 1 is 1.24 bits per heavy atom. The van der Waals surface area contributed by atoms with Crippen LogP contribution in [-0.2, 0) is 4.79 Å². The van der Waals surface area contributed by atoms with E-state index in [0.29, 0.717) is 6.42 Å². The molecule has 5 heteroatoms. The van der Waals surface area contributed by atoms with Crippen LogP contribution in [0.25, 0.3) is 0 Å². The molecule has 17 heavy (non-hydrogen) atoms. The van der Waals surface area contributed by atoms with E-state index in [0.717, 1.165) is 51.9 Å². The molecule has 2 heterocycles. The van der Waals surface area contributed by atoms with Crippen molar-refractivity contribution in [3.05, 3.63) is 0 Å². The quantitative estimate of drug-likeness (QED) is 0.688. The van der Waals surface area contributed by atoms with Gasteiger partial charge < -0.3 is 15.1 Å². The number of nitrogens with one attached hydrogen (secondary N) is 1. The largest absolute Gasteiger partial charge is 0.349 e. The molecule has 2 rings (SSSR count). The van der Waals surface area contributed by atoms with Gasteiger partial charge in [-0.1, -0.05) is 0 Å². The molecule has 0 aromatic rings. The Hall–Kier alpha value is -0.650. The Morgan fingerprint density at radius 2 is 1.88 bits per heavy atom. The summed E-state index contributed by atoms with van der Waals surface area (Å²) in [6.07, 6.45) is 0.651. The molecule has 0 radical (unpaired) electrons. The SMILES string of the molecule is CN(C)C(=O)CCN1CCN(C2CNC2)CC1. The molecule has 5 nitrogen and oxygen atoms in total. The lowest BCUT2D eigenvalue weighted by Crippen LogP contribution is -2.61. The van der Waals surface area contributed by atoms with E-state index in [9.17, 15) is 4.79 Å². The lowest BCUT2D eigenvalue weighted by Gasteiger charge is -2.43. The van der Waals surface area contributed by atoms with Gasteiger partial charge in [0.2, 0.25) is 5.91 Å². The maximum atomic E-state index is 11.5. The van der Waals surface area contributed by atoms with E-state index >= 15 is 0 Å². The summed E-state index contributed by atoms with van der Waals surface area (Å²) in [6, 6.07) is 0.764. The standard InChI is InChI=1S/C12H24N4O/c1-14(2)12(17)3-4-15-5-7-16(8-6-15)11-9-13-10-11/h11,13H,3-10H2,1-2H3. The van der Waals surface area contributed by atoms with Crippen molar-refractivity contribution in [1.82, 2.24) is 20.0 Å². The second kappa shape index (κ2) is 5.80. The zero-order valence-corrected chi connectivity index (χ0v) is 11.0. The van der Waals surface area contributed by atoms with Gasteiger partial charge in [-0.3, -0.25) is 9.69 Å². The molecule has 0 aromatic heterocycles. The predicted molar refractivity (Wildman–Crippen MR) is 68.0 cm³/mol. The van der Waals surface area contributed by atoms with Crippen molar-refractivity contribution in [1.29, 1.82) is 0 Å². The van der Waals surface area contributed by atoms with Crippen LogP contribution in [0.1, 0.15) is 6.42 Å². The van der Waals surface area contributed by atoms with E-state index in [1.54, 1.807) is 4.90 Å². The highest BCUT2D eigenvalue weighted by Gasteiger charge is 2.27. The number of rotatable bonds is 4. The molecule has 1 amide bonds. The van der Waals surface area contributed by atoms with Crippen LogP contribution in [-0.4, -0.2) is 86.6 Å². The molecule has 0 aromatic carbocycles. The smallest absolute Gasteiger partial charge is 0.223 e. The Morgan fingerprint density at radius 3 is 2.35 bits per heavy atom. The minimum absolute atomic E-state index is 0.232. The second-order valence-corrected chi connectivity index (χ2v) is 5.23. The van der Waals surface area contributed by atoms with Crippen LogP contribution in [0.15, 0.2) is 0 Å². The molecule has 1 N–H and O–H groups in total. The van der Waals surface area contributed by atoms with Crippen LogP contribution in [0.4, 0.5) is 0 Å². The van der Waals surface area contributed by atoms with Crippen molar-refractivity contribution in [3.63, 3.8) is 0 Å². The molecule has 2 fully saturated rings. The third-order valence-corrected chi connectivity index (χ3v) is 3.82. The summed E-state index contributed by atoms with van der Waals surface area (Å²) in [5.74, 6) is 0.232. The summed E-state index contributed by atoms with van der Waals surface area (Å²) in [5.41, 5.74) is 0. The molecule has 2 saturated heterocycles. The molecule has 98 valence electrons. The van der Waals surface area contributed by atoms with E-state index in [1.807, 2.05) is 14.1 Å². The zero-order valence-electron chi connectivity index (χ0n) is 11.0. The number of piperazine rings is 1.